The van der Waals surface area contributed by atoms with E-state index in [4.69, 9.17) is 4.74 Å². The lowest BCUT2D eigenvalue weighted by Crippen LogP contribution is -2.37. The maximum atomic E-state index is 5.18. The number of ether oxygens (including phenoxy) is 1. The SMILES string of the molecule is COCC1CCC(C(C)C)N1C. The van der Waals surface area contributed by atoms with Crippen molar-refractivity contribution in [3.05, 3.63) is 0 Å². The Kier molecular flexibility index (Phi) is 3.53. The van der Waals surface area contributed by atoms with Crippen molar-refractivity contribution in [3.8, 4) is 0 Å². The molecule has 0 saturated carbocycles. The zero-order chi connectivity index (χ0) is 9.14. The first-order valence-electron chi connectivity index (χ1n) is 4.87. The van der Waals surface area contributed by atoms with Crippen LogP contribution in [-0.4, -0.2) is 37.7 Å². The van der Waals surface area contributed by atoms with E-state index in [1.54, 1.807) is 7.11 Å². The van der Waals surface area contributed by atoms with Gasteiger partial charge in [-0.1, -0.05) is 13.8 Å². The topological polar surface area (TPSA) is 12.5 Å². The summed E-state index contributed by atoms with van der Waals surface area (Å²) in [5.41, 5.74) is 0. The number of hydrogen-bond acceptors (Lipinski definition) is 2. The summed E-state index contributed by atoms with van der Waals surface area (Å²) in [4.78, 5) is 2.48. The van der Waals surface area contributed by atoms with Gasteiger partial charge in [0.05, 0.1) is 6.61 Å². The van der Waals surface area contributed by atoms with Crippen molar-refractivity contribution in [2.24, 2.45) is 5.92 Å². The molecule has 1 aliphatic rings. The third-order valence-electron chi connectivity index (χ3n) is 3.02. The molecule has 0 aromatic carbocycles. The normalized spacial score (nSPS) is 31.8. The van der Waals surface area contributed by atoms with Crippen molar-refractivity contribution in [1.82, 2.24) is 4.90 Å². The smallest absolute Gasteiger partial charge is 0.0618 e. The van der Waals surface area contributed by atoms with Crippen LogP contribution in [0.1, 0.15) is 26.7 Å². The second kappa shape index (κ2) is 4.24. The highest BCUT2D eigenvalue weighted by atomic mass is 16.5. The van der Waals surface area contributed by atoms with Crippen LogP contribution in [0, 0.1) is 5.92 Å². The molecule has 1 fully saturated rings. The molecular weight excluding hydrogens is 150 g/mol. The number of nitrogens with zero attached hydrogens (tertiary/aromatic N) is 1. The Labute approximate surface area is 75.9 Å². The van der Waals surface area contributed by atoms with Crippen LogP contribution in [0.3, 0.4) is 0 Å². The van der Waals surface area contributed by atoms with Gasteiger partial charge < -0.3 is 4.74 Å². The standard InChI is InChI=1S/C10H21NO/c1-8(2)10-6-5-9(7-12-4)11(10)3/h8-10H,5-7H2,1-4H3. The predicted molar refractivity (Wildman–Crippen MR) is 51.3 cm³/mol. The molecule has 0 aromatic rings. The number of likely N-dealkylation sites (N-methyl/N-ethyl adjacent to an activating group) is 1. The molecule has 2 heteroatoms. The van der Waals surface area contributed by atoms with Gasteiger partial charge in [-0.05, 0) is 25.8 Å². The van der Waals surface area contributed by atoms with E-state index >= 15 is 0 Å². The van der Waals surface area contributed by atoms with Gasteiger partial charge in [0.25, 0.3) is 0 Å². The van der Waals surface area contributed by atoms with E-state index in [0.717, 1.165) is 18.6 Å². The monoisotopic (exact) mass is 171 g/mol. The summed E-state index contributed by atoms with van der Waals surface area (Å²) in [6.07, 6.45) is 2.63. The Bertz CT molecular complexity index is 136. The lowest BCUT2D eigenvalue weighted by Gasteiger charge is -2.27. The van der Waals surface area contributed by atoms with Gasteiger partial charge in [-0.2, -0.15) is 0 Å². The molecule has 0 bridgehead atoms. The summed E-state index contributed by atoms with van der Waals surface area (Å²) in [6, 6.07) is 1.42. The Morgan fingerprint density at radius 1 is 1.42 bits per heavy atom. The first-order valence-corrected chi connectivity index (χ1v) is 4.87. The second-order valence-electron chi connectivity index (χ2n) is 4.16. The lowest BCUT2D eigenvalue weighted by molar-refractivity contribution is 0.104. The molecule has 1 heterocycles. The van der Waals surface area contributed by atoms with Crippen LogP contribution in [0.4, 0.5) is 0 Å². The summed E-state index contributed by atoms with van der Waals surface area (Å²) >= 11 is 0. The van der Waals surface area contributed by atoms with Crippen molar-refractivity contribution in [2.75, 3.05) is 20.8 Å². The number of hydrogen-bond donors (Lipinski definition) is 0. The summed E-state index contributed by atoms with van der Waals surface area (Å²) in [5, 5.41) is 0. The van der Waals surface area contributed by atoms with Crippen LogP contribution in [0.25, 0.3) is 0 Å². The Morgan fingerprint density at radius 3 is 2.50 bits per heavy atom. The Morgan fingerprint density at radius 2 is 2.08 bits per heavy atom. The van der Waals surface area contributed by atoms with Crippen LogP contribution < -0.4 is 0 Å². The molecule has 0 spiro atoms. The predicted octanol–water partition coefficient (Wildman–Crippen LogP) is 1.75. The largest absolute Gasteiger partial charge is 0.383 e. The fraction of sp³-hybridized carbons (Fsp3) is 1.00. The highest BCUT2D eigenvalue weighted by Crippen LogP contribution is 2.27. The van der Waals surface area contributed by atoms with Crippen molar-refractivity contribution < 1.29 is 4.74 Å². The van der Waals surface area contributed by atoms with Crippen molar-refractivity contribution in [1.29, 1.82) is 0 Å². The first-order chi connectivity index (χ1) is 5.66. The minimum absolute atomic E-state index is 0.655. The molecule has 0 aliphatic carbocycles. The summed E-state index contributed by atoms with van der Waals surface area (Å²) < 4.78 is 5.18. The Balaban J connectivity index is 2.43. The molecular formula is C10H21NO. The van der Waals surface area contributed by atoms with Crippen LogP contribution in [0.15, 0.2) is 0 Å². The molecule has 72 valence electrons. The zero-order valence-corrected chi connectivity index (χ0v) is 8.71. The molecule has 2 unspecified atom stereocenters. The van der Waals surface area contributed by atoms with Crippen LogP contribution in [-0.2, 0) is 4.74 Å². The van der Waals surface area contributed by atoms with Gasteiger partial charge >= 0.3 is 0 Å². The number of rotatable bonds is 3. The van der Waals surface area contributed by atoms with Gasteiger partial charge in [-0.25, -0.2) is 0 Å². The van der Waals surface area contributed by atoms with E-state index in [1.807, 2.05) is 0 Å². The van der Waals surface area contributed by atoms with E-state index in [0.29, 0.717) is 6.04 Å². The third kappa shape index (κ3) is 1.99. The maximum absolute atomic E-state index is 5.18. The minimum atomic E-state index is 0.655. The van der Waals surface area contributed by atoms with Gasteiger partial charge in [0.1, 0.15) is 0 Å². The first kappa shape index (κ1) is 10.0. The quantitative estimate of drug-likeness (QED) is 0.641. The summed E-state index contributed by atoms with van der Waals surface area (Å²) in [7, 11) is 4.01. The average molecular weight is 171 g/mol. The van der Waals surface area contributed by atoms with Gasteiger partial charge in [0, 0.05) is 19.2 Å². The van der Waals surface area contributed by atoms with E-state index in [2.05, 4.69) is 25.8 Å². The number of methoxy groups -OCH3 is 1. The molecule has 0 amide bonds. The molecule has 0 radical (unpaired) electrons. The van der Waals surface area contributed by atoms with E-state index < -0.39 is 0 Å². The van der Waals surface area contributed by atoms with E-state index in [-0.39, 0.29) is 0 Å². The van der Waals surface area contributed by atoms with E-state index in [9.17, 15) is 0 Å². The Hall–Kier alpha value is -0.0800. The van der Waals surface area contributed by atoms with Crippen LogP contribution in [0.5, 0.6) is 0 Å². The molecule has 0 aromatic heterocycles. The maximum Gasteiger partial charge on any atom is 0.0618 e. The summed E-state index contributed by atoms with van der Waals surface area (Å²) in [6.45, 7) is 5.49. The minimum Gasteiger partial charge on any atom is -0.383 e. The fourth-order valence-corrected chi connectivity index (χ4v) is 2.24. The van der Waals surface area contributed by atoms with Gasteiger partial charge in [-0.3, -0.25) is 4.90 Å². The lowest BCUT2D eigenvalue weighted by atomic mass is 10.0. The molecule has 2 nitrogen and oxygen atoms in total. The van der Waals surface area contributed by atoms with Crippen molar-refractivity contribution in [2.45, 2.75) is 38.8 Å². The van der Waals surface area contributed by atoms with E-state index in [1.165, 1.54) is 12.8 Å². The highest BCUT2D eigenvalue weighted by molar-refractivity contribution is 4.86. The molecule has 0 N–H and O–H groups in total. The second-order valence-corrected chi connectivity index (χ2v) is 4.16. The van der Waals surface area contributed by atoms with Crippen molar-refractivity contribution in [3.63, 3.8) is 0 Å². The third-order valence-corrected chi connectivity index (χ3v) is 3.02. The number of likely N-dealkylation sites (tertiary alicyclic amines) is 1. The highest BCUT2D eigenvalue weighted by Gasteiger charge is 2.31. The van der Waals surface area contributed by atoms with Gasteiger partial charge in [0.2, 0.25) is 0 Å². The fourth-order valence-electron chi connectivity index (χ4n) is 2.24. The zero-order valence-electron chi connectivity index (χ0n) is 8.71. The van der Waals surface area contributed by atoms with Gasteiger partial charge in [0.15, 0.2) is 0 Å². The van der Waals surface area contributed by atoms with Crippen LogP contribution in [0.2, 0.25) is 0 Å². The summed E-state index contributed by atoms with van der Waals surface area (Å²) in [5.74, 6) is 0.775. The van der Waals surface area contributed by atoms with Crippen molar-refractivity contribution >= 4 is 0 Å². The molecule has 1 rings (SSSR count). The van der Waals surface area contributed by atoms with Crippen LogP contribution >= 0.6 is 0 Å². The molecule has 12 heavy (non-hydrogen) atoms. The molecule has 1 saturated heterocycles. The molecule has 1 aliphatic heterocycles. The molecule has 2 atom stereocenters. The average Bonchev–Trinajstić information content (AvgIpc) is 2.34. The van der Waals surface area contributed by atoms with Gasteiger partial charge in [-0.15, -0.1) is 0 Å².